The van der Waals surface area contributed by atoms with Gasteiger partial charge in [-0.2, -0.15) is 26.3 Å². The zero-order chi connectivity index (χ0) is 11.9. The molecule has 0 aliphatic carbocycles. The van der Waals surface area contributed by atoms with Crippen LogP contribution in [-0.2, 0) is 12.4 Å². The Balaban J connectivity index is 3.41. The second kappa shape index (κ2) is 3.39. The number of halogens is 6. The second-order valence-corrected chi connectivity index (χ2v) is 2.90. The summed E-state index contributed by atoms with van der Waals surface area (Å²) in [5.41, 5.74) is -3.63. The number of hydrogen-bond acceptors (Lipinski definition) is 1. The minimum atomic E-state index is -5.10. The molecule has 0 unspecified atom stereocenters. The molecular formula is C8H5F6N. The smallest absolute Gasteiger partial charge is 0.251 e. The van der Waals surface area contributed by atoms with Gasteiger partial charge < -0.3 is 0 Å². The van der Waals surface area contributed by atoms with Gasteiger partial charge in [0.25, 0.3) is 0 Å². The molecule has 15 heavy (non-hydrogen) atoms. The van der Waals surface area contributed by atoms with Crippen LogP contribution in [0.3, 0.4) is 0 Å². The Bertz CT molecular complexity index is 364. The highest BCUT2D eigenvalue weighted by Crippen LogP contribution is 2.39. The van der Waals surface area contributed by atoms with Gasteiger partial charge in [-0.3, -0.25) is 4.98 Å². The lowest BCUT2D eigenvalue weighted by Gasteiger charge is -2.14. The molecular weight excluding hydrogens is 224 g/mol. The first-order valence-corrected chi connectivity index (χ1v) is 3.73. The van der Waals surface area contributed by atoms with Gasteiger partial charge in [0.2, 0.25) is 0 Å². The molecule has 0 aliphatic heterocycles. The van der Waals surface area contributed by atoms with Gasteiger partial charge in [0, 0.05) is 6.20 Å². The predicted molar refractivity (Wildman–Crippen MR) is 39.0 cm³/mol. The summed E-state index contributed by atoms with van der Waals surface area (Å²) in [6.07, 6.45) is -9.40. The highest BCUT2D eigenvalue weighted by Gasteiger charge is 2.44. The van der Waals surface area contributed by atoms with Gasteiger partial charge in [-0.25, -0.2) is 0 Å². The van der Waals surface area contributed by atoms with Gasteiger partial charge in [-0.05, 0) is 18.6 Å². The summed E-state index contributed by atoms with van der Waals surface area (Å²) in [6, 6.07) is 0.426. The van der Waals surface area contributed by atoms with Gasteiger partial charge in [-0.15, -0.1) is 0 Å². The van der Waals surface area contributed by atoms with E-state index in [4.69, 9.17) is 0 Å². The van der Waals surface area contributed by atoms with Crippen LogP contribution in [0.25, 0.3) is 0 Å². The molecule has 0 aliphatic rings. The summed E-state index contributed by atoms with van der Waals surface area (Å²) in [6.45, 7) is 1.24. The third-order valence-electron chi connectivity index (χ3n) is 1.60. The molecule has 0 atom stereocenters. The molecule has 0 aromatic carbocycles. The highest BCUT2D eigenvalue weighted by atomic mass is 19.4. The SMILES string of the molecule is Cc1cnc(C(F)(F)F)c(C(F)(F)F)c1. The van der Waals surface area contributed by atoms with Crippen molar-refractivity contribution < 1.29 is 26.3 Å². The third kappa shape index (κ3) is 2.60. The number of aromatic nitrogens is 1. The molecule has 0 spiro atoms. The van der Waals surface area contributed by atoms with Crippen molar-refractivity contribution in [2.75, 3.05) is 0 Å². The first-order chi connectivity index (χ1) is 6.62. The van der Waals surface area contributed by atoms with Gasteiger partial charge >= 0.3 is 12.4 Å². The molecule has 1 rings (SSSR count). The van der Waals surface area contributed by atoms with Crippen molar-refractivity contribution in [3.8, 4) is 0 Å². The van der Waals surface area contributed by atoms with Crippen LogP contribution in [0.1, 0.15) is 16.8 Å². The maximum atomic E-state index is 12.2. The molecule has 1 aromatic rings. The average Bonchev–Trinajstić information content (AvgIpc) is 2.00. The van der Waals surface area contributed by atoms with Crippen LogP contribution in [0, 0.1) is 6.92 Å². The zero-order valence-electron chi connectivity index (χ0n) is 7.37. The Labute approximate surface area is 80.7 Å². The van der Waals surface area contributed by atoms with Gasteiger partial charge in [0.1, 0.15) is 0 Å². The molecule has 0 saturated carbocycles. The van der Waals surface area contributed by atoms with Crippen molar-refractivity contribution in [1.29, 1.82) is 0 Å². The van der Waals surface area contributed by atoms with E-state index in [1.807, 2.05) is 0 Å². The van der Waals surface area contributed by atoms with Crippen LogP contribution in [0.15, 0.2) is 12.3 Å². The summed E-state index contributed by atoms with van der Waals surface area (Å²) >= 11 is 0. The molecule has 1 nitrogen and oxygen atoms in total. The standard InChI is InChI=1S/C8H5F6N/c1-4-2-5(7(9,10)11)6(15-3-4)8(12,13)14/h2-3H,1H3. The van der Waals surface area contributed by atoms with E-state index in [1.54, 1.807) is 0 Å². The fourth-order valence-electron chi connectivity index (χ4n) is 1.01. The van der Waals surface area contributed by atoms with Gasteiger partial charge in [-0.1, -0.05) is 0 Å². The number of rotatable bonds is 0. The fourth-order valence-corrected chi connectivity index (χ4v) is 1.01. The van der Waals surface area contributed by atoms with Crippen LogP contribution < -0.4 is 0 Å². The lowest BCUT2D eigenvalue weighted by Crippen LogP contribution is -2.18. The fraction of sp³-hybridized carbons (Fsp3) is 0.375. The minimum absolute atomic E-state index is 0.0234. The van der Waals surface area contributed by atoms with E-state index in [9.17, 15) is 26.3 Å². The van der Waals surface area contributed by atoms with E-state index < -0.39 is 23.6 Å². The van der Waals surface area contributed by atoms with Crippen molar-refractivity contribution in [2.24, 2.45) is 0 Å². The topological polar surface area (TPSA) is 12.9 Å². The van der Waals surface area contributed by atoms with Crippen LogP contribution >= 0.6 is 0 Å². The van der Waals surface area contributed by atoms with Crippen molar-refractivity contribution in [1.82, 2.24) is 4.98 Å². The Morgan fingerprint density at radius 3 is 1.93 bits per heavy atom. The van der Waals surface area contributed by atoms with Crippen molar-refractivity contribution in [3.05, 3.63) is 29.1 Å². The molecule has 84 valence electrons. The summed E-state index contributed by atoms with van der Waals surface area (Å²) in [5.74, 6) is 0. The largest absolute Gasteiger partial charge is 0.433 e. The van der Waals surface area contributed by atoms with Crippen molar-refractivity contribution >= 4 is 0 Å². The maximum absolute atomic E-state index is 12.2. The number of hydrogen-bond donors (Lipinski definition) is 0. The third-order valence-corrected chi connectivity index (χ3v) is 1.60. The Kier molecular flexibility index (Phi) is 2.67. The normalized spacial score (nSPS) is 13.0. The Morgan fingerprint density at radius 1 is 1.00 bits per heavy atom. The van der Waals surface area contributed by atoms with E-state index >= 15 is 0 Å². The van der Waals surface area contributed by atoms with E-state index in [-0.39, 0.29) is 5.56 Å². The minimum Gasteiger partial charge on any atom is -0.251 e. The first kappa shape index (κ1) is 11.8. The average molecular weight is 229 g/mol. The summed E-state index contributed by atoms with van der Waals surface area (Å²) in [5, 5.41) is 0. The molecule has 1 aromatic heterocycles. The summed E-state index contributed by atoms with van der Waals surface area (Å²) in [7, 11) is 0. The Morgan fingerprint density at radius 2 is 1.53 bits per heavy atom. The maximum Gasteiger partial charge on any atom is 0.433 e. The molecule has 0 bridgehead atoms. The van der Waals surface area contributed by atoms with E-state index in [0.29, 0.717) is 6.07 Å². The predicted octanol–water partition coefficient (Wildman–Crippen LogP) is 3.43. The number of pyridine rings is 1. The second-order valence-electron chi connectivity index (χ2n) is 2.90. The summed E-state index contributed by atoms with van der Waals surface area (Å²) < 4.78 is 73.1. The first-order valence-electron chi connectivity index (χ1n) is 3.73. The number of nitrogens with zero attached hydrogens (tertiary/aromatic N) is 1. The molecule has 0 fully saturated rings. The molecule has 0 amide bonds. The summed E-state index contributed by atoms with van der Waals surface area (Å²) in [4.78, 5) is 2.77. The van der Waals surface area contributed by atoms with Crippen LogP contribution in [0.4, 0.5) is 26.3 Å². The zero-order valence-corrected chi connectivity index (χ0v) is 7.37. The molecule has 0 radical (unpaired) electrons. The lowest BCUT2D eigenvalue weighted by atomic mass is 10.1. The lowest BCUT2D eigenvalue weighted by molar-refractivity contribution is -0.164. The van der Waals surface area contributed by atoms with Crippen LogP contribution in [0.5, 0.6) is 0 Å². The molecule has 1 heterocycles. The van der Waals surface area contributed by atoms with Gasteiger partial charge in [0.15, 0.2) is 5.69 Å². The Hall–Kier alpha value is -1.27. The van der Waals surface area contributed by atoms with Crippen molar-refractivity contribution in [2.45, 2.75) is 19.3 Å². The van der Waals surface area contributed by atoms with E-state index in [2.05, 4.69) is 4.98 Å². The van der Waals surface area contributed by atoms with Gasteiger partial charge in [0.05, 0.1) is 5.56 Å². The molecule has 0 saturated heterocycles. The number of aryl methyl sites for hydroxylation is 1. The highest BCUT2D eigenvalue weighted by molar-refractivity contribution is 5.29. The molecule has 0 N–H and O–H groups in total. The molecule has 7 heteroatoms. The van der Waals surface area contributed by atoms with Crippen LogP contribution in [-0.4, -0.2) is 4.98 Å². The quantitative estimate of drug-likeness (QED) is 0.621. The van der Waals surface area contributed by atoms with E-state index in [0.717, 1.165) is 6.20 Å². The monoisotopic (exact) mass is 229 g/mol. The van der Waals surface area contributed by atoms with Crippen LogP contribution in [0.2, 0.25) is 0 Å². The van der Waals surface area contributed by atoms with Crippen molar-refractivity contribution in [3.63, 3.8) is 0 Å². The van der Waals surface area contributed by atoms with E-state index in [1.165, 1.54) is 6.92 Å². The number of alkyl halides is 6.